The molecule has 1 amide bonds. The minimum absolute atomic E-state index is 0.130. The molecular weight excluding hydrogens is 230 g/mol. The van der Waals surface area contributed by atoms with Gasteiger partial charge in [-0.1, -0.05) is 32.3 Å². The summed E-state index contributed by atoms with van der Waals surface area (Å²) in [7, 11) is 0. The predicted octanol–water partition coefficient (Wildman–Crippen LogP) is 2.49. The van der Waals surface area contributed by atoms with Crippen LogP contribution >= 0.6 is 0 Å². The lowest BCUT2D eigenvalue weighted by molar-refractivity contribution is -0.143. The summed E-state index contributed by atoms with van der Waals surface area (Å²) in [6.45, 7) is 3.74. The SMILES string of the molecule is CC/C=C(\C)C(=O)N[C@@H]1CCCCC[C@@H]1C(=O)O. The summed E-state index contributed by atoms with van der Waals surface area (Å²) < 4.78 is 0. The summed E-state index contributed by atoms with van der Waals surface area (Å²) in [6, 6.07) is -0.224. The molecule has 4 nitrogen and oxygen atoms in total. The molecule has 102 valence electrons. The van der Waals surface area contributed by atoms with Gasteiger partial charge in [0.1, 0.15) is 0 Å². The molecule has 1 aliphatic carbocycles. The molecule has 0 heterocycles. The monoisotopic (exact) mass is 253 g/mol. The maximum absolute atomic E-state index is 11.9. The molecule has 0 aromatic rings. The first-order chi connectivity index (χ1) is 8.56. The van der Waals surface area contributed by atoms with Crippen LogP contribution in [0.15, 0.2) is 11.6 Å². The third kappa shape index (κ3) is 4.17. The molecule has 0 aromatic heterocycles. The molecule has 18 heavy (non-hydrogen) atoms. The van der Waals surface area contributed by atoms with E-state index in [1.807, 2.05) is 13.0 Å². The van der Waals surface area contributed by atoms with Gasteiger partial charge in [-0.25, -0.2) is 0 Å². The number of aliphatic carboxylic acids is 1. The standard InChI is InChI=1S/C14H23NO3/c1-3-7-10(2)13(16)15-12-9-6-4-5-8-11(12)14(17)18/h7,11-12H,3-6,8-9H2,1-2H3,(H,15,16)(H,17,18)/b10-7+/t11-,12+/m0/s1. The van der Waals surface area contributed by atoms with Crippen LogP contribution in [0.25, 0.3) is 0 Å². The fourth-order valence-corrected chi connectivity index (χ4v) is 2.46. The number of hydrogen-bond donors (Lipinski definition) is 2. The lowest BCUT2D eigenvalue weighted by Gasteiger charge is -2.23. The number of carbonyl (C=O) groups is 2. The number of amides is 1. The van der Waals surface area contributed by atoms with Crippen LogP contribution in [0.4, 0.5) is 0 Å². The van der Waals surface area contributed by atoms with Crippen LogP contribution in [0.2, 0.25) is 0 Å². The van der Waals surface area contributed by atoms with Crippen LogP contribution in [0.3, 0.4) is 0 Å². The lowest BCUT2D eigenvalue weighted by atomic mass is 9.94. The number of carbonyl (C=O) groups excluding carboxylic acids is 1. The van der Waals surface area contributed by atoms with E-state index in [0.29, 0.717) is 12.0 Å². The van der Waals surface area contributed by atoms with Crippen molar-refractivity contribution in [3.8, 4) is 0 Å². The lowest BCUT2D eigenvalue weighted by Crippen LogP contribution is -2.43. The predicted molar refractivity (Wildman–Crippen MR) is 70.2 cm³/mol. The zero-order valence-electron chi connectivity index (χ0n) is 11.2. The summed E-state index contributed by atoms with van der Waals surface area (Å²) in [5.74, 6) is -1.36. The van der Waals surface area contributed by atoms with Gasteiger partial charge in [-0.3, -0.25) is 9.59 Å². The molecule has 0 unspecified atom stereocenters. The highest BCUT2D eigenvalue weighted by molar-refractivity contribution is 5.93. The van der Waals surface area contributed by atoms with Gasteiger partial charge >= 0.3 is 5.97 Å². The Morgan fingerprint density at radius 1 is 1.28 bits per heavy atom. The fraction of sp³-hybridized carbons (Fsp3) is 0.714. The van der Waals surface area contributed by atoms with Gasteiger partial charge in [0.05, 0.1) is 5.92 Å². The van der Waals surface area contributed by atoms with Crippen LogP contribution in [-0.2, 0) is 9.59 Å². The van der Waals surface area contributed by atoms with Crippen LogP contribution < -0.4 is 5.32 Å². The molecule has 0 spiro atoms. The Labute approximate surface area is 108 Å². The Hall–Kier alpha value is -1.32. The second kappa shape index (κ2) is 7.19. The maximum Gasteiger partial charge on any atom is 0.308 e. The average molecular weight is 253 g/mol. The van der Waals surface area contributed by atoms with Crippen molar-refractivity contribution in [2.75, 3.05) is 0 Å². The summed E-state index contributed by atoms with van der Waals surface area (Å²) in [5.41, 5.74) is 0.672. The van der Waals surface area contributed by atoms with Crippen LogP contribution in [0.5, 0.6) is 0 Å². The Balaban J connectivity index is 2.69. The normalized spacial score (nSPS) is 25.3. The van der Waals surface area contributed by atoms with E-state index in [1.165, 1.54) is 0 Å². The van der Waals surface area contributed by atoms with Crippen molar-refractivity contribution in [1.29, 1.82) is 0 Å². The highest BCUT2D eigenvalue weighted by Gasteiger charge is 2.30. The van der Waals surface area contributed by atoms with E-state index in [9.17, 15) is 14.7 Å². The van der Waals surface area contributed by atoms with Gasteiger partial charge in [0, 0.05) is 11.6 Å². The van der Waals surface area contributed by atoms with Crippen molar-refractivity contribution in [1.82, 2.24) is 5.32 Å². The number of hydrogen-bond acceptors (Lipinski definition) is 2. The first-order valence-electron chi connectivity index (χ1n) is 6.76. The summed E-state index contributed by atoms with van der Waals surface area (Å²) in [6.07, 6.45) is 7.09. The van der Waals surface area contributed by atoms with Gasteiger partial charge in [-0.05, 0) is 26.2 Å². The van der Waals surface area contributed by atoms with Crippen LogP contribution in [0, 0.1) is 5.92 Å². The van der Waals surface area contributed by atoms with Crippen molar-refractivity contribution < 1.29 is 14.7 Å². The maximum atomic E-state index is 11.9. The van der Waals surface area contributed by atoms with E-state index in [0.717, 1.165) is 32.1 Å². The first kappa shape index (κ1) is 14.7. The van der Waals surface area contributed by atoms with Gasteiger partial charge in [0.15, 0.2) is 0 Å². The molecule has 1 fully saturated rings. The van der Waals surface area contributed by atoms with Gasteiger partial charge in [0.25, 0.3) is 0 Å². The van der Waals surface area contributed by atoms with Gasteiger partial charge < -0.3 is 10.4 Å². The highest BCUT2D eigenvalue weighted by Crippen LogP contribution is 2.24. The van der Waals surface area contributed by atoms with E-state index < -0.39 is 11.9 Å². The molecule has 0 saturated heterocycles. The van der Waals surface area contributed by atoms with E-state index in [-0.39, 0.29) is 11.9 Å². The Bertz CT molecular complexity index is 336. The summed E-state index contributed by atoms with van der Waals surface area (Å²) in [5, 5.41) is 12.1. The zero-order valence-corrected chi connectivity index (χ0v) is 11.2. The molecule has 1 rings (SSSR count). The Morgan fingerprint density at radius 2 is 1.94 bits per heavy atom. The first-order valence-corrected chi connectivity index (χ1v) is 6.76. The molecule has 1 saturated carbocycles. The molecule has 0 radical (unpaired) electrons. The smallest absolute Gasteiger partial charge is 0.308 e. The largest absolute Gasteiger partial charge is 0.481 e. The number of nitrogens with one attached hydrogen (secondary N) is 1. The van der Waals surface area contributed by atoms with Crippen molar-refractivity contribution in [2.45, 2.75) is 58.4 Å². The Kier molecular flexibility index (Phi) is 5.89. The topological polar surface area (TPSA) is 66.4 Å². The summed E-state index contributed by atoms with van der Waals surface area (Å²) in [4.78, 5) is 23.1. The second-order valence-corrected chi connectivity index (χ2v) is 4.96. The molecule has 0 aliphatic heterocycles. The molecule has 4 heteroatoms. The average Bonchev–Trinajstić information content (AvgIpc) is 2.54. The van der Waals surface area contributed by atoms with Crippen LogP contribution in [-0.4, -0.2) is 23.0 Å². The van der Waals surface area contributed by atoms with E-state index >= 15 is 0 Å². The van der Waals surface area contributed by atoms with E-state index in [2.05, 4.69) is 5.32 Å². The third-order valence-electron chi connectivity index (χ3n) is 3.52. The van der Waals surface area contributed by atoms with E-state index in [1.54, 1.807) is 6.92 Å². The van der Waals surface area contributed by atoms with Crippen molar-refractivity contribution >= 4 is 11.9 Å². The van der Waals surface area contributed by atoms with Crippen molar-refractivity contribution in [3.05, 3.63) is 11.6 Å². The van der Waals surface area contributed by atoms with Gasteiger partial charge in [-0.15, -0.1) is 0 Å². The highest BCUT2D eigenvalue weighted by atomic mass is 16.4. The van der Waals surface area contributed by atoms with E-state index in [4.69, 9.17) is 0 Å². The molecular formula is C14H23NO3. The molecule has 1 aliphatic rings. The van der Waals surface area contributed by atoms with Gasteiger partial charge in [-0.2, -0.15) is 0 Å². The van der Waals surface area contributed by atoms with Gasteiger partial charge in [0.2, 0.25) is 5.91 Å². The number of carboxylic acid groups (broad SMARTS) is 1. The number of carboxylic acids is 1. The van der Waals surface area contributed by atoms with Crippen molar-refractivity contribution in [2.24, 2.45) is 5.92 Å². The molecule has 2 N–H and O–H groups in total. The Morgan fingerprint density at radius 3 is 2.56 bits per heavy atom. The fourth-order valence-electron chi connectivity index (χ4n) is 2.46. The second-order valence-electron chi connectivity index (χ2n) is 4.96. The minimum atomic E-state index is -0.792. The zero-order chi connectivity index (χ0) is 13.5. The molecule has 0 aromatic carbocycles. The quantitative estimate of drug-likeness (QED) is 0.597. The molecule has 2 atom stereocenters. The minimum Gasteiger partial charge on any atom is -0.481 e. The van der Waals surface area contributed by atoms with Crippen molar-refractivity contribution in [3.63, 3.8) is 0 Å². The summed E-state index contributed by atoms with van der Waals surface area (Å²) >= 11 is 0. The van der Waals surface area contributed by atoms with Crippen LogP contribution in [0.1, 0.15) is 52.4 Å². The third-order valence-corrected chi connectivity index (χ3v) is 3.52. The molecule has 0 bridgehead atoms. The number of rotatable bonds is 4. The number of allylic oxidation sites excluding steroid dienone is 1.